The zero-order valence-electron chi connectivity index (χ0n) is 21.6. The second kappa shape index (κ2) is 11.5. The molecule has 2 aliphatic heterocycles. The molecule has 1 aromatic heterocycles. The molecule has 2 aromatic carbocycles. The lowest BCUT2D eigenvalue weighted by molar-refractivity contribution is -0.325. The summed E-state index contributed by atoms with van der Waals surface area (Å²) < 4.78 is 28.2. The highest BCUT2D eigenvalue weighted by Crippen LogP contribution is 2.46. The van der Waals surface area contributed by atoms with Gasteiger partial charge in [0.05, 0.1) is 25.9 Å². The van der Waals surface area contributed by atoms with Crippen LogP contribution in [-0.2, 0) is 14.2 Å². The highest BCUT2D eigenvalue weighted by atomic mass is 16.7. The maximum atomic E-state index is 13.2. The van der Waals surface area contributed by atoms with Crippen LogP contribution < -0.4 is 10.2 Å². The maximum absolute atomic E-state index is 13.2. The third-order valence-corrected chi connectivity index (χ3v) is 7.26. The molecular formula is C27H30O14. The van der Waals surface area contributed by atoms with Crippen molar-refractivity contribution in [2.24, 2.45) is 0 Å². The van der Waals surface area contributed by atoms with Gasteiger partial charge in [-0.25, -0.2) is 0 Å². The molecule has 2 aliphatic rings. The first-order valence-corrected chi connectivity index (χ1v) is 12.7. The highest BCUT2D eigenvalue weighted by Gasteiger charge is 2.50. The summed E-state index contributed by atoms with van der Waals surface area (Å²) in [5.74, 6) is -0.601. The van der Waals surface area contributed by atoms with Crippen molar-refractivity contribution in [3.8, 4) is 28.6 Å². The van der Waals surface area contributed by atoms with Crippen molar-refractivity contribution in [2.75, 3.05) is 20.3 Å². The summed E-state index contributed by atoms with van der Waals surface area (Å²) in [4.78, 5) is 13.2. The van der Waals surface area contributed by atoms with Gasteiger partial charge in [0.1, 0.15) is 82.8 Å². The summed E-state index contributed by atoms with van der Waals surface area (Å²) >= 11 is 0. The van der Waals surface area contributed by atoms with E-state index in [4.69, 9.17) is 23.4 Å². The molecule has 3 aromatic rings. The Morgan fingerprint density at radius 2 is 1.66 bits per heavy atom. The van der Waals surface area contributed by atoms with Crippen LogP contribution in [-0.4, -0.2) is 110 Å². The Morgan fingerprint density at radius 3 is 2.32 bits per heavy atom. The van der Waals surface area contributed by atoms with Crippen molar-refractivity contribution < 1.29 is 64.2 Å². The zero-order chi connectivity index (χ0) is 29.6. The average molecular weight is 579 g/mol. The molecule has 3 heterocycles. The number of aliphatic hydroxyl groups is 6. The number of fused-ring (bicyclic) bond motifs is 1. The van der Waals surface area contributed by atoms with Crippen molar-refractivity contribution >= 4 is 11.0 Å². The lowest BCUT2D eigenvalue weighted by atomic mass is 9.89. The van der Waals surface area contributed by atoms with Gasteiger partial charge in [0.2, 0.25) is 0 Å². The van der Waals surface area contributed by atoms with E-state index in [-0.39, 0.29) is 33.8 Å². The second-order valence-electron chi connectivity index (χ2n) is 9.85. The van der Waals surface area contributed by atoms with Gasteiger partial charge in [-0.3, -0.25) is 4.79 Å². The van der Waals surface area contributed by atoms with Crippen LogP contribution in [0.2, 0.25) is 0 Å². The van der Waals surface area contributed by atoms with Gasteiger partial charge in [-0.15, -0.1) is 0 Å². The summed E-state index contributed by atoms with van der Waals surface area (Å²) in [6.45, 7) is -1.17. The minimum Gasteiger partial charge on any atom is -0.508 e. The molecule has 8 N–H and O–H groups in total. The largest absolute Gasteiger partial charge is 0.508 e. The van der Waals surface area contributed by atoms with Crippen LogP contribution in [0, 0.1) is 0 Å². The Bertz CT molecular complexity index is 1440. The molecule has 0 aliphatic carbocycles. The minimum absolute atomic E-state index is 0.00965. The van der Waals surface area contributed by atoms with Gasteiger partial charge in [-0.1, -0.05) is 0 Å². The summed E-state index contributed by atoms with van der Waals surface area (Å²) in [7, 11) is 1.26. The van der Waals surface area contributed by atoms with Gasteiger partial charge in [0.25, 0.3) is 0 Å². The van der Waals surface area contributed by atoms with Gasteiger partial charge >= 0.3 is 0 Å². The predicted molar refractivity (Wildman–Crippen MR) is 137 cm³/mol. The van der Waals surface area contributed by atoms with Gasteiger partial charge in [-0.2, -0.15) is 0 Å². The summed E-state index contributed by atoms with van der Waals surface area (Å²) in [5.41, 5.74) is -0.472. The fraction of sp³-hybridized carbons (Fsp3) is 0.444. The van der Waals surface area contributed by atoms with Crippen molar-refractivity contribution in [3.63, 3.8) is 0 Å². The SMILES string of the molecule is COc1cc2oc(-c3ccc(O)cc3)cc(=O)c2c(O)c1[C@@H]1O[C@H](CO)[C@@H](O)[C@H](O)[C@H]1O[C@@H]1OC[C@@H](O)[C@H](O)[C@H]1O. The Labute approximate surface area is 231 Å². The number of phenolic OH excluding ortho intramolecular Hbond substituents is 2. The molecule has 14 heteroatoms. The maximum Gasteiger partial charge on any atom is 0.197 e. The van der Waals surface area contributed by atoms with E-state index in [1.165, 1.54) is 37.4 Å². The number of methoxy groups -OCH3 is 1. The summed E-state index contributed by atoms with van der Waals surface area (Å²) in [6.07, 6.45) is -14.4. The number of ether oxygens (including phenoxy) is 4. The van der Waals surface area contributed by atoms with E-state index in [2.05, 4.69) is 0 Å². The first-order chi connectivity index (χ1) is 19.5. The monoisotopic (exact) mass is 578 g/mol. The van der Waals surface area contributed by atoms with E-state index < -0.39 is 79.5 Å². The lowest BCUT2D eigenvalue weighted by Crippen LogP contribution is -2.60. The Morgan fingerprint density at radius 1 is 0.951 bits per heavy atom. The number of hydrogen-bond acceptors (Lipinski definition) is 14. The molecule has 0 amide bonds. The van der Waals surface area contributed by atoms with Gasteiger partial charge < -0.3 is 64.2 Å². The van der Waals surface area contributed by atoms with Crippen molar-refractivity contribution in [2.45, 2.75) is 55.1 Å². The van der Waals surface area contributed by atoms with Crippen LogP contribution in [0.3, 0.4) is 0 Å². The smallest absolute Gasteiger partial charge is 0.197 e. The average Bonchev–Trinajstić information content (AvgIpc) is 2.95. The van der Waals surface area contributed by atoms with E-state index in [1.54, 1.807) is 0 Å². The van der Waals surface area contributed by atoms with Crippen LogP contribution >= 0.6 is 0 Å². The summed E-state index contributed by atoms with van der Waals surface area (Å²) in [5, 5.41) is 82.2. The molecule has 222 valence electrons. The fourth-order valence-electron chi connectivity index (χ4n) is 5.04. The molecule has 0 unspecified atom stereocenters. The number of hydrogen-bond donors (Lipinski definition) is 8. The molecule has 0 bridgehead atoms. The molecule has 14 nitrogen and oxygen atoms in total. The Hall–Kier alpha value is -3.31. The molecule has 0 saturated carbocycles. The zero-order valence-corrected chi connectivity index (χ0v) is 21.6. The topological polar surface area (TPSA) is 229 Å². The van der Waals surface area contributed by atoms with Gasteiger partial charge in [-0.05, 0) is 24.3 Å². The van der Waals surface area contributed by atoms with E-state index in [9.17, 15) is 45.6 Å². The van der Waals surface area contributed by atoms with Gasteiger partial charge in [0.15, 0.2) is 11.7 Å². The first kappa shape index (κ1) is 29.2. The number of rotatable bonds is 6. The highest BCUT2D eigenvalue weighted by molar-refractivity contribution is 5.88. The standard InChI is InChI=1S/C27H30O14/c1-37-15-7-16-18(12(30)6-14(39-16)10-2-4-11(29)5-3-10)22(34)19(15)25-26(23(35)21(33)17(8-28)40-25)41-27-24(36)20(32)13(31)9-38-27/h2-7,13,17,20-21,23-29,31-36H,8-9H2,1H3/t13-,17-,20+,21-,23+,24-,25+,26-,27+/m1/s1. The number of phenols is 2. The van der Waals surface area contributed by atoms with Crippen LogP contribution in [0.15, 0.2) is 45.6 Å². The number of benzene rings is 2. The molecule has 0 spiro atoms. The molecule has 9 atom stereocenters. The molecule has 41 heavy (non-hydrogen) atoms. The van der Waals surface area contributed by atoms with E-state index >= 15 is 0 Å². The molecule has 2 saturated heterocycles. The quantitative estimate of drug-likeness (QED) is 0.173. The number of aliphatic hydroxyl groups excluding tert-OH is 6. The lowest BCUT2D eigenvalue weighted by Gasteiger charge is -2.45. The van der Waals surface area contributed by atoms with Crippen molar-refractivity contribution in [1.29, 1.82) is 0 Å². The molecule has 5 rings (SSSR count). The van der Waals surface area contributed by atoms with Crippen LogP contribution in [0.4, 0.5) is 0 Å². The molecule has 2 fully saturated rings. The van der Waals surface area contributed by atoms with E-state index in [0.29, 0.717) is 5.56 Å². The summed E-state index contributed by atoms with van der Waals surface area (Å²) in [6, 6.07) is 8.31. The van der Waals surface area contributed by atoms with Crippen molar-refractivity contribution in [3.05, 3.63) is 52.2 Å². The van der Waals surface area contributed by atoms with Crippen LogP contribution in [0.5, 0.6) is 17.2 Å². The fourth-order valence-corrected chi connectivity index (χ4v) is 5.04. The van der Waals surface area contributed by atoms with Crippen LogP contribution in [0.25, 0.3) is 22.3 Å². The normalized spacial score (nSPS) is 32.2. The van der Waals surface area contributed by atoms with Crippen molar-refractivity contribution in [1.82, 2.24) is 0 Å². The Kier molecular flexibility index (Phi) is 8.20. The first-order valence-electron chi connectivity index (χ1n) is 12.7. The Balaban J connectivity index is 1.61. The van der Waals surface area contributed by atoms with E-state index in [1.807, 2.05) is 0 Å². The molecular weight excluding hydrogens is 548 g/mol. The van der Waals surface area contributed by atoms with E-state index in [0.717, 1.165) is 6.07 Å². The number of aromatic hydroxyl groups is 2. The van der Waals surface area contributed by atoms with Gasteiger partial charge in [0, 0.05) is 17.7 Å². The predicted octanol–water partition coefficient (Wildman–Crippen LogP) is -1.14. The van der Waals surface area contributed by atoms with Crippen LogP contribution in [0.1, 0.15) is 11.7 Å². The minimum atomic E-state index is -1.79. The third-order valence-electron chi connectivity index (χ3n) is 7.26. The third kappa shape index (κ3) is 5.25. The second-order valence-corrected chi connectivity index (χ2v) is 9.85. The molecule has 0 radical (unpaired) electrons.